The third-order valence-corrected chi connectivity index (χ3v) is 6.79. The fourth-order valence-corrected chi connectivity index (χ4v) is 5.04. The number of nitrogens with zero attached hydrogens (tertiary/aromatic N) is 4. The Labute approximate surface area is 171 Å². The van der Waals surface area contributed by atoms with Crippen LogP contribution in [0.2, 0.25) is 0 Å². The quantitative estimate of drug-likeness (QED) is 0.735. The number of rotatable bonds is 4. The first-order valence-electron chi connectivity index (χ1n) is 10.5. The molecule has 1 N–H and O–H groups in total. The van der Waals surface area contributed by atoms with Crippen molar-refractivity contribution >= 4 is 11.0 Å². The van der Waals surface area contributed by atoms with E-state index in [1.165, 1.54) is 5.56 Å². The zero-order chi connectivity index (χ0) is 19.8. The Bertz CT molecular complexity index is 980. The van der Waals surface area contributed by atoms with Gasteiger partial charge in [0.25, 0.3) is 0 Å². The van der Waals surface area contributed by atoms with Gasteiger partial charge in [-0.1, -0.05) is 0 Å². The monoisotopic (exact) mass is 395 g/mol. The minimum Gasteiger partial charge on any atom is -0.379 e. The van der Waals surface area contributed by atoms with Gasteiger partial charge in [-0.2, -0.15) is 5.10 Å². The van der Waals surface area contributed by atoms with Gasteiger partial charge in [0.05, 0.1) is 25.0 Å². The molecule has 0 radical (unpaired) electrons. The Kier molecular flexibility index (Phi) is 4.89. The van der Waals surface area contributed by atoms with Crippen LogP contribution in [0.1, 0.15) is 31.2 Å². The minimum atomic E-state index is -0.256. The maximum atomic E-state index is 6.17. The molecule has 4 heterocycles. The average Bonchev–Trinajstić information content (AvgIpc) is 3.40. The molecular weight excluding hydrogens is 366 g/mol. The highest BCUT2D eigenvalue weighted by atomic mass is 16.5. The van der Waals surface area contributed by atoms with Crippen molar-refractivity contribution in [2.24, 2.45) is 7.05 Å². The van der Waals surface area contributed by atoms with Crippen LogP contribution in [0.25, 0.3) is 22.2 Å². The number of ether oxygens (including phenoxy) is 2. The third-order valence-electron chi connectivity index (χ3n) is 6.79. The van der Waals surface area contributed by atoms with Gasteiger partial charge in [0.1, 0.15) is 5.65 Å². The molecule has 7 nitrogen and oxygen atoms in total. The number of pyridine rings is 1. The molecule has 1 saturated heterocycles. The Hall–Kier alpha value is -2.22. The summed E-state index contributed by atoms with van der Waals surface area (Å²) in [5.41, 5.74) is 4.06. The fraction of sp³-hybridized carbons (Fsp3) is 0.545. The molecule has 7 heteroatoms. The number of aromatic amines is 1. The van der Waals surface area contributed by atoms with Crippen molar-refractivity contribution in [3.8, 4) is 11.1 Å². The van der Waals surface area contributed by atoms with Crippen molar-refractivity contribution in [3.63, 3.8) is 0 Å². The van der Waals surface area contributed by atoms with Gasteiger partial charge in [-0.3, -0.25) is 9.58 Å². The Morgan fingerprint density at radius 2 is 2.00 bits per heavy atom. The molecule has 0 atom stereocenters. The van der Waals surface area contributed by atoms with E-state index in [9.17, 15) is 0 Å². The van der Waals surface area contributed by atoms with Crippen LogP contribution in [-0.2, 0) is 22.1 Å². The molecule has 3 aromatic heterocycles. The molecule has 0 aromatic carbocycles. The summed E-state index contributed by atoms with van der Waals surface area (Å²) in [6.45, 7) is 3.82. The van der Waals surface area contributed by atoms with Gasteiger partial charge in [-0.15, -0.1) is 0 Å². The molecule has 0 bridgehead atoms. The summed E-state index contributed by atoms with van der Waals surface area (Å²) in [6.07, 6.45) is 12.3. The van der Waals surface area contributed by atoms with Crippen LogP contribution in [0.3, 0.4) is 0 Å². The second-order valence-electron chi connectivity index (χ2n) is 8.30. The number of hydrogen-bond acceptors (Lipinski definition) is 5. The van der Waals surface area contributed by atoms with E-state index in [1.807, 2.05) is 43.6 Å². The van der Waals surface area contributed by atoms with E-state index in [1.54, 1.807) is 0 Å². The number of nitrogens with one attached hydrogen (secondary N) is 1. The number of hydrogen-bond donors (Lipinski definition) is 1. The van der Waals surface area contributed by atoms with Crippen molar-refractivity contribution in [1.29, 1.82) is 0 Å². The number of H-pyrrole nitrogens is 1. The Morgan fingerprint density at radius 3 is 2.69 bits per heavy atom. The van der Waals surface area contributed by atoms with Crippen LogP contribution in [-0.4, -0.2) is 64.1 Å². The summed E-state index contributed by atoms with van der Waals surface area (Å²) in [4.78, 5) is 10.6. The van der Waals surface area contributed by atoms with Gasteiger partial charge in [0.15, 0.2) is 0 Å². The SMILES string of the molecule is COC1(c2cnc3[nH]cc(-c4cnn(C)c4)c3c2)CCC(N2CCOCC2)CC1. The maximum absolute atomic E-state index is 6.17. The maximum Gasteiger partial charge on any atom is 0.137 e. The van der Waals surface area contributed by atoms with Crippen LogP contribution >= 0.6 is 0 Å². The van der Waals surface area contributed by atoms with Crippen LogP contribution in [0.15, 0.2) is 30.9 Å². The van der Waals surface area contributed by atoms with E-state index >= 15 is 0 Å². The highest BCUT2D eigenvalue weighted by Crippen LogP contribution is 2.42. The lowest BCUT2D eigenvalue weighted by atomic mass is 9.77. The largest absolute Gasteiger partial charge is 0.379 e. The van der Waals surface area contributed by atoms with Gasteiger partial charge >= 0.3 is 0 Å². The lowest BCUT2D eigenvalue weighted by molar-refractivity contribution is -0.0709. The zero-order valence-electron chi connectivity index (χ0n) is 17.2. The third kappa shape index (κ3) is 3.37. The van der Waals surface area contributed by atoms with Crippen molar-refractivity contribution < 1.29 is 9.47 Å². The first-order chi connectivity index (χ1) is 14.2. The molecule has 29 heavy (non-hydrogen) atoms. The summed E-state index contributed by atoms with van der Waals surface area (Å²) in [5.74, 6) is 0. The second-order valence-corrected chi connectivity index (χ2v) is 8.30. The smallest absolute Gasteiger partial charge is 0.137 e. The zero-order valence-corrected chi connectivity index (χ0v) is 17.2. The first-order valence-corrected chi connectivity index (χ1v) is 10.5. The van der Waals surface area contributed by atoms with Crippen molar-refractivity contribution in [3.05, 3.63) is 36.4 Å². The Morgan fingerprint density at radius 1 is 1.21 bits per heavy atom. The van der Waals surface area contributed by atoms with E-state index in [0.29, 0.717) is 6.04 Å². The summed E-state index contributed by atoms with van der Waals surface area (Å²) >= 11 is 0. The molecular formula is C22H29N5O2. The molecule has 154 valence electrons. The molecule has 3 aromatic rings. The second kappa shape index (κ2) is 7.55. The molecule has 1 aliphatic heterocycles. The molecule has 1 aliphatic carbocycles. The first kappa shape index (κ1) is 18.8. The molecule has 0 unspecified atom stereocenters. The summed E-state index contributed by atoms with van der Waals surface area (Å²) < 4.78 is 13.5. The normalized spacial score (nSPS) is 26.2. The van der Waals surface area contributed by atoms with E-state index < -0.39 is 0 Å². The van der Waals surface area contributed by atoms with Crippen LogP contribution in [0, 0.1) is 0 Å². The molecule has 2 aliphatic rings. The van der Waals surface area contributed by atoms with Gasteiger partial charge < -0.3 is 14.5 Å². The summed E-state index contributed by atoms with van der Waals surface area (Å²) in [5, 5.41) is 5.45. The van der Waals surface area contributed by atoms with E-state index in [2.05, 4.69) is 21.0 Å². The van der Waals surface area contributed by atoms with E-state index in [-0.39, 0.29) is 5.60 Å². The van der Waals surface area contributed by atoms with Crippen LogP contribution < -0.4 is 0 Å². The van der Waals surface area contributed by atoms with Gasteiger partial charge in [-0.25, -0.2) is 4.98 Å². The molecule has 1 saturated carbocycles. The Balaban J connectivity index is 1.43. The predicted molar refractivity (Wildman–Crippen MR) is 112 cm³/mol. The van der Waals surface area contributed by atoms with Gasteiger partial charge in [-0.05, 0) is 31.7 Å². The number of morpholine rings is 1. The van der Waals surface area contributed by atoms with Crippen molar-refractivity contribution in [2.75, 3.05) is 33.4 Å². The van der Waals surface area contributed by atoms with E-state index in [4.69, 9.17) is 14.5 Å². The molecule has 5 rings (SSSR count). The van der Waals surface area contributed by atoms with Gasteiger partial charge in [0.2, 0.25) is 0 Å². The number of aryl methyl sites for hydroxylation is 1. The average molecular weight is 396 g/mol. The lowest BCUT2D eigenvalue weighted by Crippen LogP contribution is -2.47. The highest BCUT2D eigenvalue weighted by Gasteiger charge is 2.39. The fourth-order valence-electron chi connectivity index (χ4n) is 5.04. The van der Waals surface area contributed by atoms with E-state index in [0.717, 1.165) is 74.1 Å². The molecule has 0 amide bonds. The van der Waals surface area contributed by atoms with Gasteiger partial charge in [0, 0.05) is 74.0 Å². The van der Waals surface area contributed by atoms with Crippen molar-refractivity contribution in [2.45, 2.75) is 37.3 Å². The predicted octanol–water partition coefficient (Wildman–Crippen LogP) is 3.08. The number of aromatic nitrogens is 4. The van der Waals surface area contributed by atoms with Crippen LogP contribution in [0.5, 0.6) is 0 Å². The summed E-state index contributed by atoms with van der Waals surface area (Å²) in [7, 11) is 3.78. The molecule has 0 spiro atoms. The topological polar surface area (TPSA) is 68.2 Å². The number of methoxy groups -OCH3 is 1. The van der Waals surface area contributed by atoms with Crippen LogP contribution in [0.4, 0.5) is 0 Å². The van der Waals surface area contributed by atoms with Crippen molar-refractivity contribution in [1.82, 2.24) is 24.6 Å². The minimum absolute atomic E-state index is 0.256. The summed E-state index contributed by atoms with van der Waals surface area (Å²) in [6, 6.07) is 2.90. The number of fused-ring (bicyclic) bond motifs is 1. The standard InChI is InChI=1S/C22H29N5O2/c1-26-15-16(12-25-26)20-14-24-21-19(20)11-17(13-23-21)22(28-2)5-3-18(4-6-22)27-7-9-29-10-8-27/h11-15,18H,3-10H2,1-2H3,(H,23,24). The lowest BCUT2D eigenvalue weighted by Gasteiger charge is -2.44. The molecule has 2 fully saturated rings. The highest BCUT2D eigenvalue weighted by molar-refractivity contribution is 5.93.